The lowest BCUT2D eigenvalue weighted by Gasteiger charge is -2.21. The molecule has 0 bridgehead atoms. The lowest BCUT2D eigenvalue weighted by atomic mass is 10.1. The van der Waals surface area contributed by atoms with Gasteiger partial charge in [0, 0.05) is 13.1 Å². The highest BCUT2D eigenvalue weighted by Crippen LogP contribution is 2.27. The maximum atomic E-state index is 12.0. The number of phenols is 1. The summed E-state index contributed by atoms with van der Waals surface area (Å²) in [6, 6.07) is 3.75. The summed E-state index contributed by atoms with van der Waals surface area (Å²) in [5.41, 5.74) is -0.186. The number of carbonyl (C=O) groups is 2. The van der Waals surface area contributed by atoms with Crippen LogP contribution in [-0.4, -0.2) is 40.2 Å². The molecule has 0 aliphatic heterocycles. The topological polar surface area (TPSA) is 89.9 Å². The third-order valence-electron chi connectivity index (χ3n) is 2.64. The third kappa shape index (κ3) is 3.74. The van der Waals surface area contributed by atoms with E-state index in [2.05, 4.69) is 11.9 Å². The minimum atomic E-state index is -1.25. The van der Waals surface area contributed by atoms with Crippen LogP contribution in [0.5, 0.6) is 5.75 Å². The number of aromatic carboxylic acids is 1. The highest BCUT2D eigenvalue weighted by Gasteiger charge is 2.17. The molecule has 0 saturated carbocycles. The van der Waals surface area contributed by atoms with Crippen molar-refractivity contribution < 1.29 is 19.8 Å². The average Bonchev–Trinajstić information content (AvgIpc) is 2.40. The predicted molar refractivity (Wildman–Crippen MR) is 76.1 cm³/mol. The van der Waals surface area contributed by atoms with Crippen molar-refractivity contribution in [2.75, 3.05) is 18.4 Å². The molecule has 0 aliphatic carbocycles. The van der Waals surface area contributed by atoms with Crippen molar-refractivity contribution in [1.82, 2.24) is 4.90 Å². The smallest absolute Gasteiger partial charge is 0.339 e. The molecule has 108 valence electrons. The molecule has 1 aromatic rings. The molecule has 0 fully saturated rings. The van der Waals surface area contributed by atoms with Crippen molar-refractivity contribution in [2.24, 2.45) is 0 Å². The Hall–Kier alpha value is -2.50. The Labute approximate surface area is 117 Å². The molecule has 0 spiro atoms. The molecule has 0 atom stereocenters. The van der Waals surface area contributed by atoms with Gasteiger partial charge in [-0.2, -0.15) is 0 Å². The third-order valence-corrected chi connectivity index (χ3v) is 2.64. The molecule has 1 aromatic carbocycles. The van der Waals surface area contributed by atoms with Gasteiger partial charge in [-0.15, -0.1) is 6.58 Å². The van der Waals surface area contributed by atoms with Crippen LogP contribution in [0.4, 0.5) is 10.5 Å². The van der Waals surface area contributed by atoms with Gasteiger partial charge >= 0.3 is 12.0 Å². The van der Waals surface area contributed by atoms with E-state index in [1.54, 1.807) is 6.08 Å². The zero-order chi connectivity index (χ0) is 15.1. The summed E-state index contributed by atoms with van der Waals surface area (Å²) in [6.45, 7) is 6.43. The number of carbonyl (C=O) groups excluding carboxylic acids is 1. The molecule has 2 amide bonds. The van der Waals surface area contributed by atoms with Crippen LogP contribution >= 0.6 is 0 Å². The first-order chi connectivity index (χ1) is 9.51. The summed E-state index contributed by atoms with van der Waals surface area (Å²) in [5.74, 6) is -1.71. The minimum absolute atomic E-state index is 0.0695. The van der Waals surface area contributed by atoms with Crippen molar-refractivity contribution in [1.29, 1.82) is 0 Å². The SMILES string of the molecule is C=CCN(CCC)C(=O)Nc1cccc(C(=O)O)c1O. The second-order valence-electron chi connectivity index (χ2n) is 4.17. The summed E-state index contributed by atoms with van der Waals surface area (Å²) in [4.78, 5) is 24.5. The van der Waals surface area contributed by atoms with Crippen LogP contribution in [0.25, 0.3) is 0 Å². The number of hydrogen-bond donors (Lipinski definition) is 3. The number of para-hydroxylation sites is 1. The van der Waals surface area contributed by atoms with Crippen LogP contribution in [0.15, 0.2) is 30.9 Å². The Morgan fingerprint density at radius 1 is 1.45 bits per heavy atom. The van der Waals surface area contributed by atoms with Gasteiger partial charge in [0.05, 0.1) is 5.69 Å². The Balaban J connectivity index is 2.92. The number of carboxylic acid groups (broad SMARTS) is 1. The van der Waals surface area contributed by atoms with Gasteiger partial charge in [0.25, 0.3) is 0 Å². The first-order valence-corrected chi connectivity index (χ1v) is 6.23. The highest BCUT2D eigenvalue weighted by atomic mass is 16.4. The zero-order valence-electron chi connectivity index (χ0n) is 11.3. The minimum Gasteiger partial charge on any atom is -0.505 e. The largest absolute Gasteiger partial charge is 0.505 e. The summed E-state index contributed by atoms with van der Waals surface area (Å²) in [6.07, 6.45) is 2.38. The molecule has 0 aromatic heterocycles. The van der Waals surface area contributed by atoms with Gasteiger partial charge in [0.2, 0.25) is 0 Å². The van der Waals surface area contributed by atoms with Crippen molar-refractivity contribution in [2.45, 2.75) is 13.3 Å². The van der Waals surface area contributed by atoms with Gasteiger partial charge in [-0.3, -0.25) is 0 Å². The van der Waals surface area contributed by atoms with Gasteiger partial charge in [0.1, 0.15) is 5.56 Å². The average molecular weight is 278 g/mol. The molecule has 0 unspecified atom stereocenters. The van der Waals surface area contributed by atoms with Gasteiger partial charge in [0.15, 0.2) is 5.75 Å². The molecule has 3 N–H and O–H groups in total. The number of aromatic hydroxyl groups is 1. The molecule has 6 nitrogen and oxygen atoms in total. The summed E-state index contributed by atoms with van der Waals surface area (Å²) < 4.78 is 0. The first-order valence-electron chi connectivity index (χ1n) is 6.23. The Kier molecular flexibility index (Phi) is 5.58. The normalized spacial score (nSPS) is 9.85. The lowest BCUT2D eigenvalue weighted by Crippen LogP contribution is -2.35. The molecular formula is C14H18N2O4. The van der Waals surface area contributed by atoms with Crippen LogP contribution in [-0.2, 0) is 0 Å². The fourth-order valence-electron chi connectivity index (χ4n) is 1.71. The Bertz CT molecular complexity index is 514. The quantitative estimate of drug-likeness (QED) is 0.551. The first kappa shape index (κ1) is 15.6. The van der Waals surface area contributed by atoms with E-state index in [1.165, 1.54) is 23.1 Å². The van der Waals surface area contributed by atoms with E-state index >= 15 is 0 Å². The molecular weight excluding hydrogens is 260 g/mol. The number of anilines is 1. The standard InChI is InChI=1S/C14H18N2O4/c1-3-8-16(9-4-2)14(20)15-11-7-5-6-10(12(11)17)13(18)19/h3,5-7,17H,1,4,8-9H2,2H3,(H,15,20)(H,18,19). The molecule has 20 heavy (non-hydrogen) atoms. The van der Waals surface area contributed by atoms with E-state index in [-0.39, 0.29) is 11.3 Å². The number of amides is 2. The molecule has 6 heteroatoms. The second-order valence-corrected chi connectivity index (χ2v) is 4.17. The maximum absolute atomic E-state index is 12.0. The lowest BCUT2D eigenvalue weighted by molar-refractivity contribution is 0.0693. The Morgan fingerprint density at radius 3 is 2.70 bits per heavy atom. The summed E-state index contributed by atoms with van der Waals surface area (Å²) in [5, 5.41) is 21.2. The Morgan fingerprint density at radius 2 is 2.15 bits per heavy atom. The zero-order valence-corrected chi connectivity index (χ0v) is 11.3. The van der Waals surface area contributed by atoms with Crippen LogP contribution in [0.1, 0.15) is 23.7 Å². The second kappa shape index (κ2) is 7.18. The van der Waals surface area contributed by atoms with Crippen LogP contribution < -0.4 is 5.32 Å². The number of hydrogen-bond acceptors (Lipinski definition) is 3. The van der Waals surface area contributed by atoms with Gasteiger partial charge in [-0.05, 0) is 18.6 Å². The van der Waals surface area contributed by atoms with Crippen molar-refractivity contribution in [3.8, 4) is 5.75 Å². The fraction of sp³-hybridized carbons (Fsp3) is 0.286. The number of carboxylic acids is 1. The monoisotopic (exact) mass is 278 g/mol. The van der Waals surface area contributed by atoms with Gasteiger partial charge in [-0.1, -0.05) is 19.1 Å². The van der Waals surface area contributed by atoms with Crippen LogP contribution in [0.2, 0.25) is 0 Å². The number of benzene rings is 1. The van der Waals surface area contributed by atoms with Gasteiger partial charge in [-0.25, -0.2) is 9.59 Å². The summed E-state index contributed by atoms with van der Waals surface area (Å²) in [7, 11) is 0. The number of nitrogens with zero attached hydrogens (tertiary/aromatic N) is 1. The number of rotatable bonds is 6. The highest BCUT2D eigenvalue weighted by molar-refractivity contribution is 5.97. The van der Waals surface area contributed by atoms with E-state index in [9.17, 15) is 14.7 Å². The van der Waals surface area contributed by atoms with E-state index in [0.29, 0.717) is 13.1 Å². The molecule has 1 rings (SSSR count). The molecule has 0 saturated heterocycles. The van der Waals surface area contributed by atoms with E-state index in [0.717, 1.165) is 6.42 Å². The van der Waals surface area contributed by atoms with Crippen molar-refractivity contribution in [3.05, 3.63) is 36.4 Å². The maximum Gasteiger partial charge on any atom is 0.339 e. The molecule has 0 heterocycles. The van der Waals surface area contributed by atoms with Gasteiger partial charge < -0.3 is 20.4 Å². The van der Waals surface area contributed by atoms with E-state index in [4.69, 9.17) is 5.11 Å². The van der Waals surface area contributed by atoms with Crippen LogP contribution in [0, 0.1) is 0 Å². The van der Waals surface area contributed by atoms with Crippen molar-refractivity contribution in [3.63, 3.8) is 0 Å². The predicted octanol–water partition coefficient (Wildman–Crippen LogP) is 2.52. The van der Waals surface area contributed by atoms with Crippen LogP contribution in [0.3, 0.4) is 0 Å². The number of urea groups is 1. The molecule has 0 aliphatic rings. The summed E-state index contributed by atoms with van der Waals surface area (Å²) >= 11 is 0. The number of nitrogens with one attached hydrogen (secondary N) is 1. The van der Waals surface area contributed by atoms with E-state index < -0.39 is 17.7 Å². The van der Waals surface area contributed by atoms with Crippen molar-refractivity contribution >= 4 is 17.7 Å². The molecule has 0 radical (unpaired) electrons. The fourth-order valence-corrected chi connectivity index (χ4v) is 1.71. The van der Waals surface area contributed by atoms with E-state index in [1.807, 2.05) is 6.92 Å².